The number of hydrogen-bond acceptors (Lipinski definition) is 6. The van der Waals surface area contributed by atoms with Gasteiger partial charge in [0.25, 0.3) is 5.91 Å². The van der Waals surface area contributed by atoms with Gasteiger partial charge in [0.15, 0.2) is 5.65 Å². The van der Waals surface area contributed by atoms with Crippen LogP contribution >= 0.6 is 0 Å². The second-order valence-corrected chi connectivity index (χ2v) is 8.48. The summed E-state index contributed by atoms with van der Waals surface area (Å²) >= 11 is 0. The Morgan fingerprint density at radius 2 is 1.88 bits per heavy atom. The quantitative estimate of drug-likeness (QED) is 0.502. The van der Waals surface area contributed by atoms with Crippen LogP contribution in [0.2, 0.25) is 0 Å². The number of carbonyl (C=O) groups is 1. The van der Waals surface area contributed by atoms with Gasteiger partial charge in [0.1, 0.15) is 11.5 Å². The fourth-order valence-electron chi connectivity index (χ4n) is 4.32. The Morgan fingerprint density at radius 3 is 2.64 bits per heavy atom. The average molecular weight is 452 g/mol. The molecular weight excluding hydrogens is 418 g/mol. The van der Waals surface area contributed by atoms with E-state index in [1.54, 1.807) is 26.6 Å². The highest BCUT2D eigenvalue weighted by atomic mass is 16.5. The molecule has 1 aromatic carbocycles. The van der Waals surface area contributed by atoms with Gasteiger partial charge in [-0.05, 0) is 57.1 Å². The Balaban J connectivity index is 1.35. The van der Waals surface area contributed by atoms with Gasteiger partial charge in [0.05, 0.1) is 32.5 Å². The van der Waals surface area contributed by atoms with Crippen LogP contribution in [0.3, 0.4) is 0 Å². The number of rotatable bonds is 9. The molecule has 0 unspecified atom stereocenters. The number of nitrogens with zero attached hydrogens (tertiary/aromatic N) is 4. The predicted octanol–water partition coefficient (Wildman–Crippen LogP) is 3.49. The molecule has 1 amide bonds. The summed E-state index contributed by atoms with van der Waals surface area (Å²) in [5.41, 5.74) is 2.25. The van der Waals surface area contributed by atoms with Gasteiger partial charge in [-0.2, -0.15) is 5.10 Å². The van der Waals surface area contributed by atoms with E-state index in [2.05, 4.69) is 20.3 Å². The Morgan fingerprint density at radius 1 is 1.06 bits per heavy atom. The van der Waals surface area contributed by atoms with Crippen LogP contribution in [0.1, 0.15) is 48.0 Å². The van der Waals surface area contributed by atoms with E-state index in [1.165, 1.54) is 38.8 Å². The molecule has 0 saturated carbocycles. The van der Waals surface area contributed by atoms with Crippen molar-refractivity contribution < 1.29 is 14.3 Å². The minimum Gasteiger partial charge on any atom is -0.497 e. The van der Waals surface area contributed by atoms with E-state index in [1.807, 2.05) is 28.9 Å². The number of nitrogens with one attached hydrogen (secondary N) is 1. The van der Waals surface area contributed by atoms with Crippen molar-refractivity contribution in [1.82, 2.24) is 25.0 Å². The van der Waals surface area contributed by atoms with Gasteiger partial charge in [-0.15, -0.1) is 0 Å². The molecule has 1 N–H and O–H groups in total. The molecule has 33 heavy (non-hydrogen) atoms. The van der Waals surface area contributed by atoms with E-state index >= 15 is 0 Å². The first-order valence-corrected chi connectivity index (χ1v) is 11.7. The monoisotopic (exact) mass is 451 g/mol. The number of benzene rings is 1. The molecule has 0 aliphatic carbocycles. The molecule has 1 aliphatic rings. The fraction of sp³-hybridized carbons (Fsp3) is 0.480. The predicted molar refractivity (Wildman–Crippen MR) is 128 cm³/mol. The van der Waals surface area contributed by atoms with Crippen LogP contribution in [-0.2, 0) is 6.54 Å². The summed E-state index contributed by atoms with van der Waals surface area (Å²) in [5.74, 6) is 1.38. The second kappa shape index (κ2) is 11.1. The summed E-state index contributed by atoms with van der Waals surface area (Å²) in [7, 11) is 3.26. The van der Waals surface area contributed by atoms with Crippen molar-refractivity contribution in [1.29, 1.82) is 0 Å². The van der Waals surface area contributed by atoms with Crippen molar-refractivity contribution in [2.45, 2.75) is 38.6 Å². The van der Waals surface area contributed by atoms with Crippen LogP contribution in [-0.4, -0.2) is 66.0 Å². The number of hydrogen-bond donors (Lipinski definition) is 1. The zero-order chi connectivity index (χ0) is 23.0. The van der Waals surface area contributed by atoms with E-state index in [-0.39, 0.29) is 5.91 Å². The second-order valence-electron chi connectivity index (χ2n) is 8.48. The summed E-state index contributed by atoms with van der Waals surface area (Å²) in [6, 6.07) is 7.55. The van der Waals surface area contributed by atoms with Crippen LogP contribution in [0.4, 0.5) is 0 Å². The summed E-state index contributed by atoms with van der Waals surface area (Å²) in [5, 5.41) is 8.34. The first-order chi connectivity index (χ1) is 16.2. The van der Waals surface area contributed by atoms with Crippen LogP contribution in [0.5, 0.6) is 11.5 Å². The van der Waals surface area contributed by atoms with Gasteiger partial charge in [-0.25, -0.2) is 9.67 Å². The van der Waals surface area contributed by atoms with Crippen LogP contribution in [0, 0.1) is 0 Å². The maximum Gasteiger partial charge on any atom is 0.252 e. The fourth-order valence-corrected chi connectivity index (χ4v) is 4.32. The number of carbonyl (C=O) groups excluding carboxylic acids is 1. The molecule has 8 nitrogen and oxygen atoms in total. The number of fused-ring (bicyclic) bond motifs is 1. The highest BCUT2D eigenvalue weighted by Gasteiger charge is 2.13. The molecule has 8 heteroatoms. The lowest BCUT2D eigenvalue weighted by Gasteiger charge is -2.19. The number of pyridine rings is 1. The van der Waals surface area contributed by atoms with E-state index in [0.29, 0.717) is 18.7 Å². The van der Waals surface area contributed by atoms with Gasteiger partial charge in [0.2, 0.25) is 0 Å². The minimum atomic E-state index is -0.0927. The summed E-state index contributed by atoms with van der Waals surface area (Å²) in [6.45, 7) is 4.58. The Hall–Kier alpha value is -3.13. The highest BCUT2D eigenvalue weighted by molar-refractivity contribution is 5.96. The number of ether oxygens (including phenoxy) is 2. The third kappa shape index (κ3) is 5.82. The molecule has 2 aromatic heterocycles. The highest BCUT2D eigenvalue weighted by Crippen LogP contribution is 2.26. The topological polar surface area (TPSA) is 81.5 Å². The molecule has 3 heterocycles. The molecule has 0 spiro atoms. The molecule has 0 atom stereocenters. The number of methoxy groups -OCH3 is 2. The Labute approximate surface area is 194 Å². The standard InChI is InChI=1S/C25H33N5O3/c1-32-22-9-8-19(23(15-22)33-2)18-30-24-20(17-28-30)14-21(16-27-24)25(31)26-10-7-13-29-11-5-3-4-6-12-29/h8-9,14-17H,3-7,10-13,18H2,1-2H3,(H,26,31). The molecular formula is C25H33N5O3. The number of amides is 1. The molecule has 1 fully saturated rings. The van der Waals surface area contributed by atoms with E-state index in [4.69, 9.17) is 9.47 Å². The molecule has 4 rings (SSSR count). The first-order valence-electron chi connectivity index (χ1n) is 11.7. The lowest BCUT2D eigenvalue weighted by molar-refractivity contribution is 0.0951. The first kappa shape index (κ1) is 23.0. The van der Waals surface area contributed by atoms with Gasteiger partial charge < -0.3 is 19.7 Å². The SMILES string of the molecule is COc1ccc(Cn2ncc3cc(C(=O)NCCCN4CCCCCC4)cnc32)c(OC)c1. The number of aromatic nitrogens is 3. The molecule has 1 saturated heterocycles. The maximum atomic E-state index is 12.6. The lowest BCUT2D eigenvalue weighted by atomic mass is 10.2. The van der Waals surface area contributed by atoms with Crippen molar-refractivity contribution in [2.24, 2.45) is 0 Å². The summed E-state index contributed by atoms with van der Waals surface area (Å²) < 4.78 is 12.6. The largest absolute Gasteiger partial charge is 0.497 e. The van der Waals surface area contributed by atoms with Crippen LogP contribution in [0.25, 0.3) is 11.0 Å². The third-order valence-electron chi connectivity index (χ3n) is 6.19. The molecule has 1 aliphatic heterocycles. The van der Waals surface area contributed by atoms with Gasteiger partial charge in [-0.1, -0.05) is 12.8 Å². The zero-order valence-corrected chi connectivity index (χ0v) is 19.5. The molecule has 3 aromatic rings. The van der Waals surface area contributed by atoms with Gasteiger partial charge in [0, 0.05) is 29.8 Å². The minimum absolute atomic E-state index is 0.0927. The van der Waals surface area contributed by atoms with Crippen molar-refractivity contribution in [3.8, 4) is 11.5 Å². The third-order valence-corrected chi connectivity index (χ3v) is 6.19. The Bertz CT molecular complexity index is 1070. The maximum absolute atomic E-state index is 12.6. The van der Waals surface area contributed by atoms with Crippen molar-refractivity contribution in [3.05, 3.63) is 47.8 Å². The lowest BCUT2D eigenvalue weighted by Crippen LogP contribution is -2.30. The average Bonchev–Trinajstić information content (AvgIpc) is 3.06. The van der Waals surface area contributed by atoms with E-state index in [0.717, 1.165) is 41.1 Å². The molecule has 0 bridgehead atoms. The van der Waals surface area contributed by atoms with Crippen molar-refractivity contribution in [3.63, 3.8) is 0 Å². The van der Waals surface area contributed by atoms with Crippen molar-refractivity contribution in [2.75, 3.05) is 40.4 Å². The van der Waals surface area contributed by atoms with Gasteiger partial charge >= 0.3 is 0 Å². The Kier molecular flexibility index (Phi) is 7.78. The number of likely N-dealkylation sites (tertiary alicyclic amines) is 1. The van der Waals surface area contributed by atoms with E-state index in [9.17, 15) is 4.79 Å². The smallest absolute Gasteiger partial charge is 0.252 e. The van der Waals surface area contributed by atoms with Gasteiger partial charge in [-0.3, -0.25) is 4.79 Å². The molecule has 0 radical (unpaired) electrons. The summed E-state index contributed by atoms with van der Waals surface area (Å²) in [6.07, 6.45) is 9.58. The molecule has 176 valence electrons. The van der Waals surface area contributed by atoms with Crippen molar-refractivity contribution >= 4 is 16.9 Å². The van der Waals surface area contributed by atoms with Crippen LogP contribution < -0.4 is 14.8 Å². The normalized spacial score (nSPS) is 14.7. The summed E-state index contributed by atoms with van der Waals surface area (Å²) in [4.78, 5) is 19.7. The van der Waals surface area contributed by atoms with Crippen LogP contribution in [0.15, 0.2) is 36.7 Å². The van der Waals surface area contributed by atoms with E-state index < -0.39 is 0 Å². The zero-order valence-electron chi connectivity index (χ0n) is 19.5.